The Bertz CT molecular complexity index is 1310. The molecule has 0 saturated carbocycles. The van der Waals surface area contributed by atoms with Crippen molar-refractivity contribution in [3.05, 3.63) is 108 Å². The summed E-state index contributed by atoms with van der Waals surface area (Å²) in [5, 5.41) is 36.4. The van der Waals surface area contributed by atoms with Crippen LogP contribution >= 0.6 is 45.7 Å². The van der Waals surface area contributed by atoms with Crippen LogP contribution in [0.25, 0.3) is 0 Å². The number of carboxylic acid groups (broad SMARTS) is 2. The summed E-state index contributed by atoms with van der Waals surface area (Å²) in [6.07, 6.45) is 0.801. The minimum atomic E-state index is -0.881. The highest BCUT2D eigenvalue weighted by Crippen LogP contribution is 2.25. The number of rotatable bonds is 12. The van der Waals surface area contributed by atoms with Gasteiger partial charge in [0, 0.05) is 45.7 Å². The van der Waals surface area contributed by atoms with Gasteiger partial charge in [-0.15, -0.1) is 0 Å². The summed E-state index contributed by atoms with van der Waals surface area (Å²) in [4.78, 5) is 21.9. The van der Waals surface area contributed by atoms with Gasteiger partial charge in [-0.2, -0.15) is 0 Å². The fourth-order valence-electron chi connectivity index (χ4n) is 3.50. The van der Waals surface area contributed by atoms with E-state index in [0.29, 0.717) is 35.8 Å². The zero-order chi connectivity index (χ0) is 30.5. The van der Waals surface area contributed by atoms with Crippen molar-refractivity contribution in [3.63, 3.8) is 0 Å². The molecule has 0 bridgehead atoms. The maximum Gasteiger partial charge on any atom is 0.321 e. The molecule has 4 rings (SSSR count). The number of halogens is 2. The molecule has 0 spiro atoms. The van der Waals surface area contributed by atoms with E-state index in [0.717, 1.165) is 11.1 Å². The second kappa shape index (κ2) is 16.7. The first kappa shape index (κ1) is 32.9. The van der Waals surface area contributed by atoms with E-state index in [2.05, 4.69) is 7.06 Å². The third-order valence-electron chi connectivity index (χ3n) is 5.73. The van der Waals surface area contributed by atoms with Gasteiger partial charge in [-0.05, 0) is 96.8 Å². The van der Waals surface area contributed by atoms with Crippen molar-refractivity contribution < 1.29 is 39.5 Å². The Morgan fingerprint density at radius 1 is 0.548 bits per heavy atom. The smallest absolute Gasteiger partial charge is 0.321 e. The van der Waals surface area contributed by atoms with Crippen molar-refractivity contribution in [2.75, 3.05) is 0 Å². The van der Waals surface area contributed by atoms with E-state index < -0.39 is 24.0 Å². The molecular weight excluding hydrogens is 770 g/mol. The Morgan fingerprint density at radius 3 is 1.05 bits per heavy atom. The lowest BCUT2D eigenvalue weighted by molar-refractivity contribution is -0.139. The first-order valence-corrected chi connectivity index (χ1v) is 14.6. The third kappa shape index (κ3) is 11.0. The molecular formula is C30H28I2N2O8. The van der Waals surface area contributed by atoms with Crippen LogP contribution in [-0.2, 0) is 22.4 Å². The molecule has 4 aromatic rings. The molecule has 0 aliphatic carbocycles. The van der Waals surface area contributed by atoms with Gasteiger partial charge in [0.15, 0.2) is 0 Å². The Labute approximate surface area is 270 Å². The molecule has 0 aliphatic rings. The molecule has 0 heterocycles. The summed E-state index contributed by atoms with van der Waals surface area (Å²) in [6.45, 7) is 0. The Balaban J connectivity index is 0.000000230. The number of carbonyl (C=O) groups is 2. The average molecular weight is 798 g/mol. The summed E-state index contributed by atoms with van der Waals surface area (Å²) < 4.78 is 16.7. The van der Waals surface area contributed by atoms with Crippen molar-refractivity contribution >= 4 is 57.7 Å². The lowest BCUT2D eigenvalue weighted by atomic mass is 10.1. The number of hydrogen-bond acceptors (Lipinski definition) is 8. The monoisotopic (exact) mass is 798 g/mol. The first-order chi connectivity index (χ1) is 20.2. The molecule has 6 N–H and O–H groups in total. The SMILES string of the molecule is O=C(O)[C@H](Cc1ccc(Oc2ccc(O)cc2)cc1)NI.O=C(O)[C@H](Cc1ccc(Oc2ccc(O)cc2)cc1)NI. The van der Waals surface area contributed by atoms with Crippen LogP contribution < -0.4 is 16.5 Å². The molecule has 0 aromatic heterocycles. The largest absolute Gasteiger partial charge is 0.508 e. The van der Waals surface area contributed by atoms with Gasteiger partial charge in [-0.1, -0.05) is 24.3 Å². The molecule has 0 fully saturated rings. The fraction of sp³-hybridized carbons (Fsp3) is 0.133. The van der Waals surface area contributed by atoms with E-state index in [4.69, 9.17) is 19.7 Å². The first-order valence-electron chi connectivity index (χ1n) is 12.5. The molecule has 12 heteroatoms. The quantitative estimate of drug-likeness (QED) is 0.0717. The molecule has 4 aromatic carbocycles. The van der Waals surface area contributed by atoms with Gasteiger partial charge in [0.25, 0.3) is 0 Å². The zero-order valence-corrected chi connectivity index (χ0v) is 26.3. The van der Waals surface area contributed by atoms with Crippen molar-refractivity contribution in [3.8, 4) is 34.5 Å². The standard InChI is InChI=1S/2C15H14INO4/c2*16-17-14(15(19)20)9-10-1-5-12(6-2-10)21-13-7-3-11(18)4-8-13/h2*1-8,14,17-18H,9H2,(H,19,20)/t2*14-/m00/s1. The number of aliphatic carboxylic acids is 2. The molecule has 2 atom stereocenters. The second-order valence-electron chi connectivity index (χ2n) is 8.89. The van der Waals surface area contributed by atoms with Gasteiger partial charge in [0.2, 0.25) is 0 Å². The Morgan fingerprint density at radius 2 is 0.810 bits per heavy atom. The summed E-state index contributed by atoms with van der Waals surface area (Å²) in [5.41, 5.74) is 1.81. The number of nitrogens with one attached hydrogen (secondary N) is 2. The number of aromatic hydroxyl groups is 2. The molecule has 220 valence electrons. The van der Waals surface area contributed by atoms with Crippen LogP contribution in [0.2, 0.25) is 0 Å². The minimum absolute atomic E-state index is 0.184. The van der Waals surface area contributed by atoms with Crippen molar-refractivity contribution in [2.24, 2.45) is 0 Å². The molecule has 0 aliphatic heterocycles. The number of hydrogen-bond donors (Lipinski definition) is 6. The maximum absolute atomic E-state index is 11.0. The summed E-state index contributed by atoms with van der Waals surface area (Å²) in [5.74, 6) is 1.16. The molecule has 0 saturated heterocycles. The molecule has 0 amide bonds. The second-order valence-corrected chi connectivity index (χ2v) is 10.1. The van der Waals surface area contributed by atoms with Gasteiger partial charge < -0.3 is 29.9 Å². The van der Waals surface area contributed by atoms with Gasteiger partial charge in [0.1, 0.15) is 46.6 Å². The van der Waals surface area contributed by atoms with E-state index in [-0.39, 0.29) is 11.5 Å². The van der Waals surface area contributed by atoms with Crippen LogP contribution in [0.1, 0.15) is 11.1 Å². The topological polar surface area (TPSA) is 158 Å². The van der Waals surface area contributed by atoms with E-state index in [1.54, 1.807) is 72.8 Å². The molecule has 0 radical (unpaired) electrons. The summed E-state index contributed by atoms with van der Waals surface area (Å²) in [6, 6.07) is 26.1. The highest BCUT2D eigenvalue weighted by molar-refractivity contribution is 14.1. The number of carboxylic acids is 2. The van der Waals surface area contributed by atoms with E-state index in [1.165, 1.54) is 0 Å². The maximum atomic E-state index is 11.0. The van der Waals surface area contributed by atoms with Crippen LogP contribution in [0.5, 0.6) is 34.5 Å². The van der Waals surface area contributed by atoms with Crippen LogP contribution in [0, 0.1) is 0 Å². The van der Waals surface area contributed by atoms with E-state index in [1.807, 2.05) is 70.0 Å². The zero-order valence-electron chi connectivity index (χ0n) is 22.0. The number of phenols is 2. The number of ether oxygens (including phenoxy) is 2. The summed E-state index contributed by atoms with van der Waals surface area (Å²) >= 11 is 3.68. The predicted octanol–water partition coefficient (Wildman–Crippen LogP) is 6.24. The highest BCUT2D eigenvalue weighted by Gasteiger charge is 2.17. The fourth-order valence-corrected chi connectivity index (χ4v) is 4.48. The number of benzene rings is 4. The van der Waals surface area contributed by atoms with Gasteiger partial charge in [0.05, 0.1) is 0 Å². The molecule has 10 nitrogen and oxygen atoms in total. The van der Waals surface area contributed by atoms with Gasteiger partial charge >= 0.3 is 11.9 Å². The summed E-state index contributed by atoms with van der Waals surface area (Å²) in [7, 11) is 0. The Hall–Kier alpha value is -3.60. The lowest BCUT2D eigenvalue weighted by Crippen LogP contribution is -2.32. The third-order valence-corrected chi connectivity index (χ3v) is 7.23. The normalized spacial score (nSPS) is 11.9. The molecule has 0 unspecified atom stereocenters. The average Bonchev–Trinajstić information content (AvgIpc) is 2.98. The number of phenolic OH excluding ortho intramolecular Hbond substituents is 2. The van der Waals surface area contributed by atoms with Crippen LogP contribution in [0.15, 0.2) is 97.1 Å². The highest BCUT2D eigenvalue weighted by atomic mass is 127. The van der Waals surface area contributed by atoms with Crippen molar-refractivity contribution in [1.29, 1.82) is 0 Å². The van der Waals surface area contributed by atoms with Crippen LogP contribution in [0.3, 0.4) is 0 Å². The van der Waals surface area contributed by atoms with E-state index in [9.17, 15) is 19.8 Å². The van der Waals surface area contributed by atoms with Crippen LogP contribution in [-0.4, -0.2) is 44.4 Å². The van der Waals surface area contributed by atoms with Crippen molar-refractivity contribution in [2.45, 2.75) is 24.9 Å². The molecule has 42 heavy (non-hydrogen) atoms. The van der Waals surface area contributed by atoms with Crippen molar-refractivity contribution in [1.82, 2.24) is 7.06 Å². The van der Waals surface area contributed by atoms with Crippen LogP contribution in [0.4, 0.5) is 0 Å². The Kier molecular flexibility index (Phi) is 13.1. The van der Waals surface area contributed by atoms with Gasteiger partial charge in [-0.25, -0.2) is 7.06 Å². The lowest BCUT2D eigenvalue weighted by Gasteiger charge is -2.11. The van der Waals surface area contributed by atoms with Gasteiger partial charge in [-0.3, -0.25) is 9.59 Å². The minimum Gasteiger partial charge on any atom is -0.508 e. The predicted molar refractivity (Wildman–Crippen MR) is 174 cm³/mol. The van der Waals surface area contributed by atoms with E-state index >= 15 is 0 Å².